The number of benzene rings is 2. The van der Waals surface area contributed by atoms with E-state index in [0.717, 1.165) is 15.6 Å². The summed E-state index contributed by atoms with van der Waals surface area (Å²) in [6.45, 7) is 0.484. The number of hydrogen-bond donors (Lipinski definition) is 2. The van der Waals surface area contributed by atoms with Crippen LogP contribution in [0.2, 0.25) is 5.02 Å². The number of rotatable bonds is 6. The normalized spacial score (nSPS) is 12.0. The number of carbonyl (C=O) groups excluding carboxylic acids is 1. The van der Waals surface area contributed by atoms with Crippen LogP contribution in [0, 0.1) is 0 Å². The summed E-state index contributed by atoms with van der Waals surface area (Å²) in [6.07, 6.45) is 0. The monoisotopic (exact) mass is 397 g/mol. The highest BCUT2D eigenvalue weighted by Crippen LogP contribution is 2.22. The van der Waals surface area contributed by atoms with Crippen LogP contribution in [0.3, 0.4) is 0 Å². The standard InChI is InChI=1S/C17H17BrClNO3/c1-23-17(22)12-5-6-13(15(18)8-12)9-20-16(10-21)11-3-2-4-14(19)7-11/h2-8,16,20-21H,9-10H2,1H3. The first-order valence-corrected chi connectivity index (χ1v) is 8.18. The van der Waals surface area contributed by atoms with Gasteiger partial charge in [-0.2, -0.15) is 0 Å². The number of methoxy groups -OCH3 is 1. The molecule has 6 heteroatoms. The van der Waals surface area contributed by atoms with E-state index in [2.05, 4.69) is 21.2 Å². The second kappa shape index (κ2) is 8.45. The summed E-state index contributed by atoms with van der Waals surface area (Å²) >= 11 is 9.44. The van der Waals surface area contributed by atoms with E-state index < -0.39 is 0 Å². The highest BCUT2D eigenvalue weighted by atomic mass is 79.9. The fourth-order valence-corrected chi connectivity index (χ4v) is 2.90. The smallest absolute Gasteiger partial charge is 0.337 e. The fraction of sp³-hybridized carbons (Fsp3) is 0.235. The van der Waals surface area contributed by atoms with Gasteiger partial charge in [0, 0.05) is 16.0 Å². The van der Waals surface area contributed by atoms with Crippen LogP contribution in [-0.4, -0.2) is 24.8 Å². The fourth-order valence-electron chi connectivity index (χ4n) is 2.18. The molecule has 0 aliphatic heterocycles. The first-order valence-electron chi connectivity index (χ1n) is 7.01. The molecule has 0 spiro atoms. The van der Waals surface area contributed by atoms with Gasteiger partial charge >= 0.3 is 5.97 Å². The van der Waals surface area contributed by atoms with Crippen LogP contribution >= 0.6 is 27.5 Å². The largest absolute Gasteiger partial charge is 0.465 e. The van der Waals surface area contributed by atoms with E-state index in [4.69, 9.17) is 16.3 Å². The van der Waals surface area contributed by atoms with Crippen LogP contribution < -0.4 is 5.32 Å². The van der Waals surface area contributed by atoms with Crippen molar-refractivity contribution in [1.82, 2.24) is 5.32 Å². The lowest BCUT2D eigenvalue weighted by molar-refractivity contribution is 0.0600. The van der Waals surface area contributed by atoms with Crippen molar-refractivity contribution in [3.63, 3.8) is 0 Å². The third-order valence-corrected chi connectivity index (χ3v) is 4.42. The lowest BCUT2D eigenvalue weighted by Crippen LogP contribution is -2.24. The summed E-state index contributed by atoms with van der Waals surface area (Å²) in [4.78, 5) is 11.5. The van der Waals surface area contributed by atoms with E-state index >= 15 is 0 Å². The van der Waals surface area contributed by atoms with Gasteiger partial charge in [0.25, 0.3) is 0 Å². The SMILES string of the molecule is COC(=O)c1ccc(CNC(CO)c2cccc(Cl)c2)c(Br)c1. The summed E-state index contributed by atoms with van der Waals surface area (Å²) in [6, 6.07) is 12.4. The van der Waals surface area contributed by atoms with Gasteiger partial charge in [-0.3, -0.25) is 0 Å². The van der Waals surface area contributed by atoms with E-state index in [9.17, 15) is 9.90 Å². The molecule has 2 N–H and O–H groups in total. The van der Waals surface area contributed by atoms with Crippen LogP contribution in [0.4, 0.5) is 0 Å². The zero-order valence-corrected chi connectivity index (χ0v) is 14.9. The highest BCUT2D eigenvalue weighted by molar-refractivity contribution is 9.10. The van der Waals surface area contributed by atoms with E-state index in [1.54, 1.807) is 18.2 Å². The Bertz CT molecular complexity index is 693. The van der Waals surface area contributed by atoms with Gasteiger partial charge in [0.2, 0.25) is 0 Å². The zero-order valence-electron chi connectivity index (χ0n) is 12.6. The molecule has 122 valence electrons. The van der Waals surface area contributed by atoms with Gasteiger partial charge in [0.15, 0.2) is 0 Å². The molecular weight excluding hydrogens is 382 g/mol. The molecule has 23 heavy (non-hydrogen) atoms. The average molecular weight is 399 g/mol. The molecular formula is C17H17BrClNO3. The summed E-state index contributed by atoms with van der Waals surface area (Å²) in [5.41, 5.74) is 2.37. The molecule has 0 aromatic heterocycles. The van der Waals surface area contributed by atoms with Crippen molar-refractivity contribution in [2.45, 2.75) is 12.6 Å². The molecule has 0 aliphatic rings. The summed E-state index contributed by atoms with van der Waals surface area (Å²) in [7, 11) is 1.35. The number of nitrogens with one attached hydrogen (secondary N) is 1. The van der Waals surface area contributed by atoms with E-state index in [0.29, 0.717) is 17.1 Å². The van der Waals surface area contributed by atoms with Gasteiger partial charge in [-0.15, -0.1) is 0 Å². The predicted molar refractivity (Wildman–Crippen MR) is 93.6 cm³/mol. The second-order valence-corrected chi connectivity index (χ2v) is 6.26. The zero-order chi connectivity index (χ0) is 16.8. The molecule has 2 aromatic rings. The Kier molecular flexibility index (Phi) is 6.59. The summed E-state index contributed by atoms with van der Waals surface area (Å²) in [5, 5.41) is 13.5. The molecule has 1 atom stereocenters. The molecule has 0 radical (unpaired) electrons. The molecule has 0 fully saturated rings. The van der Waals surface area contributed by atoms with Crippen LogP contribution in [0.5, 0.6) is 0 Å². The molecule has 4 nitrogen and oxygen atoms in total. The second-order valence-electron chi connectivity index (χ2n) is 4.97. The Morgan fingerprint density at radius 3 is 2.74 bits per heavy atom. The van der Waals surface area contributed by atoms with Crippen LogP contribution in [0.25, 0.3) is 0 Å². The van der Waals surface area contributed by atoms with Crippen LogP contribution in [0.15, 0.2) is 46.9 Å². The number of halogens is 2. The molecule has 2 rings (SSSR count). The number of carbonyl (C=O) groups is 1. The van der Waals surface area contributed by atoms with Gasteiger partial charge < -0.3 is 15.2 Å². The number of aliphatic hydroxyl groups is 1. The van der Waals surface area contributed by atoms with Gasteiger partial charge in [0.05, 0.1) is 25.3 Å². The number of ether oxygens (including phenoxy) is 1. The minimum Gasteiger partial charge on any atom is -0.465 e. The van der Waals surface area contributed by atoms with E-state index in [1.165, 1.54) is 7.11 Å². The van der Waals surface area contributed by atoms with Gasteiger partial charge in [-0.25, -0.2) is 4.79 Å². The number of aliphatic hydroxyl groups excluding tert-OH is 1. The maximum absolute atomic E-state index is 11.5. The molecule has 0 aliphatic carbocycles. The van der Waals surface area contributed by atoms with Gasteiger partial charge in [0.1, 0.15) is 0 Å². The molecule has 0 heterocycles. The van der Waals surface area contributed by atoms with Crippen LogP contribution in [-0.2, 0) is 11.3 Å². The minimum absolute atomic E-state index is 0.0434. The molecule has 2 aromatic carbocycles. The summed E-state index contributed by atoms with van der Waals surface area (Å²) in [5.74, 6) is -0.377. The molecule has 0 saturated carbocycles. The van der Waals surface area contributed by atoms with Crippen molar-refractivity contribution >= 4 is 33.5 Å². The summed E-state index contributed by atoms with van der Waals surface area (Å²) < 4.78 is 5.50. The quantitative estimate of drug-likeness (QED) is 0.728. The highest BCUT2D eigenvalue weighted by Gasteiger charge is 2.12. The lowest BCUT2D eigenvalue weighted by atomic mass is 10.1. The number of hydrogen-bond acceptors (Lipinski definition) is 4. The average Bonchev–Trinajstić information content (AvgIpc) is 2.56. The molecule has 0 bridgehead atoms. The maximum atomic E-state index is 11.5. The van der Waals surface area contributed by atoms with Gasteiger partial charge in [-0.05, 0) is 35.4 Å². The van der Waals surface area contributed by atoms with E-state index in [-0.39, 0.29) is 18.6 Å². The third-order valence-electron chi connectivity index (χ3n) is 3.45. The van der Waals surface area contributed by atoms with Crippen molar-refractivity contribution in [2.24, 2.45) is 0 Å². The molecule has 1 unspecified atom stereocenters. The first-order chi connectivity index (χ1) is 11.0. The Hall–Kier alpha value is -1.40. The Morgan fingerprint density at radius 2 is 2.13 bits per heavy atom. The molecule has 0 saturated heterocycles. The number of esters is 1. The van der Waals surface area contributed by atoms with E-state index in [1.807, 2.05) is 24.3 Å². The maximum Gasteiger partial charge on any atom is 0.337 e. The molecule has 0 amide bonds. The Morgan fingerprint density at radius 1 is 1.35 bits per heavy atom. The van der Waals surface area contributed by atoms with Gasteiger partial charge in [-0.1, -0.05) is 45.7 Å². The Labute approximate surface area is 148 Å². The predicted octanol–water partition coefficient (Wildman–Crippen LogP) is 3.71. The minimum atomic E-state index is -0.377. The van der Waals surface area contributed by atoms with Crippen molar-refractivity contribution in [3.05, 3.63) is 68.7 Å². The topological polar surface area (TPSA) is 58.6 Å². The van der Waals surface area contributed by atoms with Crippen molar-refractivity contribution in [2.75, 3.05) is 13.7 Å². The van der Waals surface area contributed by atoms with Crippen molar-refractivity contribution in [1.29, 1.82) is 0 Å². The van der Waals surface area contributed by atoms with Crippen molar-refractivity contribution < 1.29 is 14.6 Å². The van der Waals surface area contributed by atoms with Crippen LogP contribution in [0.1, 0.15) is 27.5 Å². The van der Waals surface area contributed by atoms with Crippen molar-refractivity contribution in [3.8, 4) is 0 Å². The third kappa shape index (κ3) is 4.78. The Balaban J connectivity index is 2.08. The first kappa shape index (κ1) is 17.9. The lowest BCUT2D eigenvalue weighted by Gasteiger charge is -2.18.